The Morgan fingerprint density at radius 2 is 1.81 bits per heavy atom. The summed E-state index contributed by atoms with van der Waals surface area (Å²) in [6, 6.07) is 14.0. The van der Waals surface area contributed by atoms with E-state index in [9.17, 15) is 0 Å². The first-order valence-corrected chi connectivity index (χ1v) is 10.1. The molecule has 144 valence electrons. The van der Waals surface area contributed by atoms with E-state index in [0.717, 1.165) is 47.1 Å². The van der Waals surface area contributed by atoms with Gasteiger partial charge in [-0.3, -0.25) is 4.90 Å². The Labute approximate surface area is 169 Å². The smallest absolute Gasteiger partial charge is 0.160 e. The normalized spacial score (nSPS) is 14.4. The highest BCUT2D eigenvalue weighted by molar-refractivity contribution is 8.13. The summed E-state index contributed by atoms with van der Waals surface area (Å²) in [6.45, 7) is 2.45. The summed E-state index contributed by atoms with van der Waals surface area (Å²) in [7, 11) is 3.31. The summed E-state index contributed by atoms with van der Waals surface area (Å²) in [5, 5.41) is 5.15. The molecule has 27 heavy (non-hydrogen) atoms. The third-order valence-electron chi connectivity index (χ3n) is 4.32. The minimum Gasteiger partial charge on any atom is -0.493 e. The molecular weight excluding hydrogens is 382 g/mol. The van der Waals surface area contributed by atoms with E-state index in [4.69, 9.17) is 21.1 Å². The highest BCUT2D eigenvalue weighted by Gasteiger charge is 2.13. The summed E-state index contributed by atoms with van der Waals surface area (Å²) < 4.78 is 10.7. The van der Waals surface area contributed by atoms with Crippen LogP contribution in [0.25, 0.3) is 0 Å². The van der Waals surface area contributed by atoms with Crippen molar-refractivity contribution in [3.8, 4) is 11.5 Å². The van der Waals surface area contributed by atoms with Crippen molar-refractivity contribution in [3.63, 3.8) is 0 Å². The van der Waals surface area contributed by atoms with Crippen LogP contribution >= 0.6 is 23.4 Å². The molecule has 1 aliphatic heterocycles. The molecular formula is C20H24ClN3O2S. The Balaban J connectivity index is 1.45. The molecule has 5 nitrogen and oxygen atoms in total. The number of hydrogen-bond acceptors (Lipinski definition) is 6. The van der Waals surface area contributed by atoms with E-state index < -0.39 is 0 Å². The monoisotopic (exact) mass is 405 g/mol. The van der Waals surface area contributed by atoms with E-state index >= 15 is 0 Å². The number of amidine groups is 1. The van der Waals surface area contributed by atoms with Crippen LogP contribution in [-0.4, -0.2) is 44.2 Å². The molecule has 0 aliphatic carbocycles. The highest BCUT2D eigenvalue weighted by atomic mass is 35.5. The van der Waals surface area contributed by atoms with Gasteiger partial charge < -0.3 is 14.8 Å². The predicted octanol–water partition coefficient (Wildman–Crippen LogP) is 4.01. The van der Waals surface area contributed by atoms with Crippen molar-refractivity contribution in [2.24, 2.45) is 4.99 Å². The van der Waals surface area contributed by atoms with Crippen molar-refractivity contribution in [3.05, 3.63) is 58.6 Å². The second-order valence-corrected chi connectivity index (χ2v) is 7.59. The largest absolute Gasteiger partial charge is 0.493 e. The van der Waals surface area contributed by atoms with Gasteiger partial charge in [-0.05, 0) is 41.8 Å². The third-order valence-corrected chi connectivity index (χ3v) is 5.60. The standard InChI is InChI=1S/C20H24ClN3O2S/c1-25-18-8-5-15(11-19(18)26-2)9-10-24-13-22-20(23-14-24)27-12-16-3-6-17(21)7-4-16/h3-8,11H,9-10,12-14H2,1-2H3,(H,22,23). The fraction of sp³-hybridized carbons (Fsp3) is 0.350. The lowest BCUT2D eigenvalue weighted by Crippen LogP contribution is -2.42. The maximum atomic E-state index is 5.92. The van der Waals surface area contributed by atoms with Crippen LogP contribution in [0, 0.1) is 0 Å². The Morgan fingerprint density at radius 1 is 1.07 bits per heavy atom. The molecule has 7 heteroatoms. The summed E-state index contributed by atoms with van der Waals surface area (Å²) in [5.74, 6) is 2.41. The van der Waals surface area contributed by atoms with Crippen LogP contribution in [0.2, 0.25) is 5.02 Å². The first kappa shape index (κ1) is 19.9. The maximum absolute atomic E-state index is 5.92. The molecule has 0 fully saturated rings. The van der Waals surface area contributed by atoms with Gasteiger partial charge in [0.2, 0.25) is 0 Å². The molecule has 2 aromatic carbocycles. The van der Waals surface area contributed by atoms with Crippen LogP contribution in [0.5, 0.6) is 11.5 Å². The van der Waals surface area contributed by atoms with Gasteiger partial charge in [0.05, 0.1) is 27.6 Å². The first-order valence-electron chi connectivity index (χ1n) is 8.77. The molecule has 3 rings (SSSR count). The molecule has 0 radical (unpaired) electrons. The molecule has 0 unspecified atom stereocenters. The van der Waals surface area contributed by atoms with Crippen LogP contribution in [0.15, 0.2) is 47.5 Å². The number of methoxy groups -OCH3 is 2. The predicted molar refractivity (Wildman–Crippen MR) is 113 cm³/mol. The minimum absolute atomic E-state index is 0.712. The van der Waals surface area contributed by atoms with Crippen LogP contribution in [0.3, 0.4) is 0 Å². The Morgan fingerprint density at radius 3 is 2.48 bits per heavy atom. The van der Waals surface area contributed by atoms with Crippen molar-refractivity contribution in [1.29, 1.82) is 0 Å². The molecule has 1 aliphatic rings. The Hall–Kier alpha value is -1.89. The number of aliphatic imine (C=N–C) groups is 1. The molecule has 0 bridgehead atoms. The summed E-state index contributed by atoms with van der Waals surface area (Å²) in [4.78, 5) is 6.92. The fourth-order valence-electron chi connectivity index (χ4n) is 2.75. The zero-order chi connectivity index (χ0) is 19.1. The molecule has 1 N–H and O–H groups in total. The molecule has 0 atom stereocenters. The van der Waals surface area contributed by atoms with Gasteiger partial charge in [-0.15, -0.1) is 0 Å². The van der Waals surface area contributed by atoms with Crippen LogP contribution in [0.4, 0.5) is 0 Å². The number of halogens is 1. The van der Waals surface area contributed by atoms with Crippen LogP contribution in [0.1, 0.15) is 11.1 Å². The number of ether oxygens (including phenoxy) is 2. The van der Waals surface area contributed by atoms with Crippen molar-refractivity contribution < 1.29 is 9.47 Å². The van der Waals surface area contributed by atoms with Crippen molar-refractivity contribution in [2.45, 2.75) is 12.2 Å². The maximum Gasteiger partial charge on any atom is 0.160 e. The lowest BCUT2D eigenvalue weighted by Gasteiger charge is -2.26. The van der Waals surface area contributed by atoms with Gasteiger partial charge in [0.1, 0.15) is 0 Å². The molecule has 0 saturated carbocycles. The Bertz CT molecular complexity index is 783. The number of nitrogens with one attached hydrogen (secondary N) is 1. The summed E-state index contributed by atoms with van der Waals surface area (Å²) in [5.41, 5.74) is 2.46. The van der Waals surface area contributed by atoms with Crippen molar-refractivity contribution in [1.82, 2.24) is 10.2 Å². The quantitative estimate of drug-likeness (QED) is 0.754. The highest BCUT2D eigenvalue weighted by Crippen LogP contribution is 2.27. The SMILES string of the molecule is COc1ccc(CCN2CN=C(SCc3ccc(Cl)cc3)NC2)cc1OC. The van der Waals surface area contributed by atoms with E-state index in [1.165, 1.54) is 11.1 Å². The van der Waals surface area contributed by atoms with E-state index in [-0.39, 0.29) is 0 Å². The van der Waals surface area contributed by atoms with E-state index in [2.05, 4.69) is 21.3 Å². The molecule has 0 amide bonds. The van der Waals surface area contributed by atoms with Crippen LogP contribution in [-0.2, 0) is 12.2 Å². The average molecular weight is 406 g/mol. The third kappa shape index (κ3) is 5.79. The topological polar surface area (TPSA) is 46.1 Å². The van der Waals surface area contributed by atoms with Crippen molar-refractivity contribution in [2.75, 3.05) is 34.1 Å². The van der Waals surface area contributed by atoms with Crippen LogP contribution < -0.4 is 14.8 Å². The number of hydrogen-bond donors (Lipinski definition) is 1. The van der Waals surface area contributed by atoms with E-state index in [0.29, 0.717) is 6.67 Å². The average Bonchev–Trinajstić information content (AvgIpc) is 2.72. The van der Waals surface area contributed by atoms with E-state index in [1.807, 2.05) is 36.4 Å². The van der Waals surface area contributed by atoms with Gasteiger partial charge in [-0.2, -0.15) is 0 Å². The molecule has 0 saturated heterocycles. The molecule has 0 spiro atoms. The van der Waals surface area contributed by atoms with Gasteiger partial charge >= 0.3 is 0 Å². The number of benzene rings is 2. The second-order valence-electron chi connectivity index (χ2n) is 6.19. The zero-order valence-corrected chi connectivity index (χ0v) is 17.1. The number of rotatable bonds is 7. The van der Waals surface area contributed by atoms with E-state index in [1.54, 1.807) is 26.0 Å². The minimum atomic E-state index is 0.712. The fourth-order valence-corrected chi connectivity index (χ4v) is 3.69. The van der Waals surface area contributed by atoms with Gasteiger partial charge in [-0.25, -0.2) is 4.99 Å². The lowest BCUT2D eigenvalue weighted by molar-refractivity contribution is 0.270. The molecule has 2 aromatic rings. The Kier molecular flexibility index (Phi) is 7.26. The lowest BCUT2D eigenvalue weighted by atomic mass is 10.1. The molecule has 1 heterocycles. The van der Waals surface area contributed by atoms with Gasteiger partial charge in [0.25, 0.3) is 0 Å². The number of thioether (sulfide) groups is 1. The van der Waals surface area contributed by atoms with Crippen molar-refractivity contribution >= 4 is 28.5 Å². The van der Waals surface area contributed by atoms with Gasteiger partial charge in [0, 0.05) is 17.3 Å². The van der Waals surface area contributed by atoms with Gasteiger partial charge in [0.15, 0.2) is 16.7 Å². The summed E-state index contributed by atoms with van der Waals surface area (Å²) >= 11 is 7.64. The second kappa shape index (κ2) is 9.88. The summed E-state index contributed by atoms with van der Waals surface area (Å²) in [6.07, 6.45) is 0.935. The number of nitrogens with zero attached hydrogens (tertiary/aromatic N) is 2. The van der Waals surface area contributed by atoms with Gasteiger partial charge in [-0.1, -0.05) is 41.6 Å². The first-order chi connectivity index (χ1) is 13.2. The zero-order valence-electron chi connectivity index (χ0n) is 15.6. The molecule has 0 aromatic heterocycles.